The second-order valence-electron chi connectivity index (χ2n) is 6.67. The molecule has 1 heterocycles. The zero-order chi connectivity index (χ0) is 15.4. The van der Waals surface area contributed by atoms with Gasteiger partial charge < -0.3 is 9.52 Å². The third-order valence-electron chi connectivity index (χ3n) is 5.10. The molecule has 0 unspecified atom stereocenters. The third-order valence-corrected chi connectivity index (χ3v) is 5.10. The summed E-state index contributed by atoms with van der Waals surface area (Å²) in [5.41, 5.74) is 0.828. The van der Waals surface area contributed by atoms with E-state index in [9.17, 15) is 9.90 Å². The zero-order valence-corrected chi connectivity index (χ0v) is 12.5. The number of carbonyl (C=O) groups is 1. The molecule has 1 N–H and O–H groups in total. The van der Waals surface area contributed by atoms with E-state index >= 15 is 0 Å². The number of hydrogen-bond acceptors (Lipinski definition) is 4. The lowest BCUT2D eigenvalue weighted by Gasteiger charge is -2.03. The van der Waals surface area contributed by atoms with E-state index in [2.05, 4.69) is 37.9 Å². The first-order valence-corrected chi connectivity index (χ1v) is 6.93. The maximum atomic E-state index is 11.3. The molecule has 1 aliphatic carbocycles. The van der Waals surface area contributed by atoms with Gasteiger partial charge in [-0.15, -0.1) is 10.2 Å². The molecule has 3 rings (SSSR count). The van der Waals surface area contributed by atoms with Gasteiger partial charge in [-0.3, -0.25) is 0 Å². The summed E-state index contributed by atoms with van der Waals surface area (Å²) in [4.78, 5) is 11.3. The zero-order valence-electron chi connectivity index (χ0n) is 12.5. The Bertz CT molecular complexity index is 702. The number of carboxylic acids is 1. The van der Waals surface area contributed by atoms with Gasteiger partial charge in [0.25, 0.3) is 0 Å². The van der Waals surface area contributed by atoms with Crippen LogP contribution in [0.3, 0.4) is 0 Å². The Labute approximate surface area is 123 Å². The van der Waals surface area contributed by atoms with Gasteiger partial charge >= 0.3 is 5.97 Å². The van der Waals surface area contributed by atoms with E-state index < -0.39 is 5.97 Å². The SMILES string of the molecule is CC1(C)C(c2nnc(-c3ccccc3C(=O)O)o2)C1(C)C. The van der Waals surface area contributed by atoms with E-state index in [1.807, 2.05) is 0 Å². The van der Waals surface area contributed by atoms with E-state index in [1.54, 1.807) is 18.2 Å². The number of rotatable bonds is 3. The summed E-state index contributed by atoms with van der Waals surface area (Å²) >= 11 is 0. The lowest BCUT2D eigenvalue weighted by molar-refractivity contribution is 0.0697. The van der Waals surface area contributed by atoms with Crippen LogP contribution in [0.4, 0.5) is 0 Å². The molecule has 0 saturated heterocycles. The van der Waals surface area contributed by atoms with Crippen LogP contribution in [0.1, 0.15) is 49.9 Å². The molecule has 0 atom stereocenters. The summed E-state index contributed by atoms with van der Waals surface area (Å²) in [6.07, 6.45) is 0. The maximum absolute atomic E-state index is 11.3. The lowest BCUT2D eigenvalue weighted by Crippen LogP contribution is -1.99. The Kier molecular flexibility index (Phi) is 2.74. The van der Waals surface area contributed by atoms with Crippen LogP contribution < -0.4 is 0 Å². The fourth-order valence-electron chi connectivity index (χ4n) is 3.13. The first-order chi connectivity index (χ1) is 9.76. The van der Waals surface area contributed by atoms with Crippen molar-refractivity contribution in [2.75, 3.05) is 0 Å². The van der Waals surface area contributed by atoms with Gasteiger partial charge in [-0.05, 0) is 23.0 Å². The van der Waals surface area contributed by atoms with Crippen molar-refractivity contribution in [2.24, 2.45) is 10.8 Å². The largest absolute Gasteiger partial charge is 0.478 e. The Hall–Kier alpha value is -2.17. The molecule has 0 radical (unpaired) electrons. The molecule has 0 aliphatic heterocycles. The minimum absolute atomic E-state index is 0.100. The molecule has 0 amide bonds. The molecule has 0 bridgehead atoms. The van der Waals surface area contributed by atoms with Gasteiger partial charge in [0.1, 0.15) is 0 Å². The lowest BCUT2D eigenvalue weighted by atomic mass is 10.0. The van der Waals surface area contributed by atoms with Crippen molar-refractivity contribution in [3.63, 3.8) is 0 Å². The smallest absolute Gasteiger partial charge is 0.336 e. The topological polar surface area (TPSA) is 76.2 Å². The summed E-state index contributed by atoms with van der Waals surface area (Å²) in [5, 5.41) is 17.4. The molecule has 21 heavy (non-hydrogen) atoms. The molecule has 1 aromatic carbocycles. The fraction of sp³-hybridized carbons (Fsp3) is 0.438. The van der Waals surface area contributed by atoms with Gasteiger partial charge in [0.05, 0.1) is 11.1 Å². The third kappa shape index (κ3) is 1.87. The van der Waals surface area contributed by atoms with Gasteiger partial charge in [-0.1, -0.05) is 39.8 Å². The Morgan fingerprint density at radius 2 is 1.76 bits per heavy atom. The van der Waals surface area contributed by atoms with Crippen LogP contribution in [0.2, 0.25) is 0 Å². The molecule has 110 valence electrons. The van der Waals surface area contributed by atoms with Crippen LogP contribution in [0.15, 0.2) is 28.7 Å². The van der Waals surface area contributed by atoms with Gasteiger partial charge in [0.2, 0.25) is 11.8 Å². The van der Waals surface area contributed by atoms with Crippen molar-refractivity contribution in [3.8, 4) is 11.5 Å². The second-order valence-corrected chi connectivity index (χ2v) is 6.67. The molecule has 1 fully saturated rings. The molecule has 5 nitrogen and oxygen atoms in total. The van der Waals surface area contributed by atoms with Gasteiger partial charge in [0.15, 0.2) is 0 Å². The van der Waals surface area contributed by atoms with Gasteiger partial charge in [-0.2, -0.15) is 0 Å². The summed E-state index contributed by atoms with van der Waals surface area (Å²) in [5.74, 6) is 0.0439. The number of hydrogen-bond donors (Lipinski definition) is 1. The minimum Gasteiger partial charge on any atom is -0.478 e. The van der Waals surface area contributed by atoms with Crippen LogP contribution in [0.5, 0.6) is 0 Å². The van der Waals surface area contributed by atoms with Crippen LogP contribution in [0.25, 0.3) is 11.5 Å². The van der Waals surface area contributed by atoms with Crippen LogP contribution >= 0.6 is 0 Å². The van der Waals surface area contributed by atoms with Crippen molar-refractivity contribution >= 4 is 5.97 Å². The molecular formula is C16H18N2O3. The Morgan fingerprint density at radius 3 is 2.33 bits per heavy atom. The highest BCUT2D eigenvalue weighted by Crippen LogP contribution is 2.73. The van der Waals surface area contributed by atoms with Crippen LogP contribution in [-0.4, -0.2) is 21.3 Å². The van der Waals surface area contributed by atoms with Crippen LogP contribution in [-0.2, 0) is 0 Å². The molecule has 0 spiro atoms. The molecule has 1 aliphatic rings. The Balaban J connectivity index is 2.00. The molecule has 5 heteroatoms. The van der Waals surface area contributed by atoms with E-state index in [0.29, 0.717) is 11.5 Å². The predicted octanol–water partition coefficient (Wildman–Crippen LogP) is 3.58. The predicted molar refractivity (Wildman–Crippen MR) is 77.0 cm³/mol. The molecule has 1 saturated carbocycles. The molecule has 1 aromatic heterocycles. The van der Waals surface area contributed by atoms with Gasteiger partial charge in [-0.25, -0.2) is 4.79 Å². The summed E-state index contributed by atoms with van der Waals surface area (Å²) in [6, 6.07) is 6.66. The average molecular weight is 286 g/mol. The van der Waals surface area contributed by atoms with E-state index in [0.717, 1.165) is 0 Å². The number of benzene rings is 1. The van der Waals surface area contributed by atoms with Crippen molar-refractivity contribution in [3.05, 3.63) is 35.7 Å². The van der Waals surface area contributed by atoms with Crippen molar-refractivity contribution in [2.45, 2.75) is 33.6 Å². The second kappa shape index (κ2) is 4.16. The highest BCUT2D eigenvalue weighted by atomic mass is 16.4. The van der Waals surface area contributed by atoms with E-state index in [-0.39, 0.29) is 28.2 Å². The first kappa shape index (κ1) is 13.8. The highest BCUT2D eigenvalue weighted by molar-refractivity contribution is 5.94. The first-order valence-electron chi connectivity index (χ1n) is 6.93. The maximum Gasteiger partial charge on any atom is 0.336 e. The normalized spacial score (nSPS) is 19.4. The number of carboxylic acid groups (broad SMARTS) is 1. The van der Waals surface area contributed by atoms with Crippen molar-refractivity contribution in [1.29, 1.82) is 0 Å². The summed E-state index contributed by atoms with van der Waals surface area (Å²) in [7, 11) is 0. The fourth-order valence-corrected chi connectivity index (χ4v) is 3.13. The van der Waals surface area contributed by atoms with Crippen molar-refractivity contribution in [1.82, 2.24) is 10.2 Å². The highest BCUT2D eigenvalue weighted by Gasteiger charge is 2.67. The number of aromatic carboxylic acids is 1. The van der Waals surface area contributed by atoms with E-state index in [4.69, 9.17) is 4.42 Å². The summed E-state index contributed by atoms with van der Waals surface area (Å²) in [6.45, 7) is 8.69. The Morgan fingerprint density at radius 1 is 1.14 bits per heavy atom. The summed E-state index contributed by atoms with van der Waals surface area (Å²) < 4.78 is 5.77. The number of aromatic nitrogens is 2. The number of nitrogens with zero attached hydrogens (tertiary/aromatic N) is 2. The molecular weight excluding hydrogens is 268 g/mol. The quantitative estimate of drug-likeness (QED) is 0.933. The standard InChI is InChI=1S/C16H18N2O3/c1-15(2)11(16(15,3)4)13-18-17-12(21-13)9-7-5-6-8-10(9)14(19)20/h5-8,11H,1-4H3,(H,19,20). The van der Waals surface area contributed by atoms with Crippen LogP contribution in [0, 0.1) is 10.8 Å². The van der Waals surface area contributed by atoms with Gasteiger partial charge in [0, 0.05) is 5.92 Å². The van der Waals surface area contributed by atoms with Crippen molar-refractivity contribution < 1.29 is 14.3 Å². The average Bonchev–Trinajstić information content (AvgIpc) is 2.77. The van der Waals surface area contributed by atoms with E-state index in [1.165, 1.54) is 6.07 Å². The minimum atomic E-state index is -1.00. The molecule has 2 aromatic rings. The monoisotopic (exact) mass is 286 g/mol.